The highest BCUT2D eigenvalue weighted by atomic mass is 32.2. The number of rotatable bonds is 5. The van der Waals surface area contributed by atoms with Gasteiger partial charge in [-0.1, -0.05) is 6.92 Å². The minimum Gasteiger partial charge on any atom is -0.468 e. The summed E-state index contributed by atoms with van der Waals surface area (Å²) in [7, 11) is -3.17. The summed E-state index contributed by atoms with van der Waals surface area (Å²) < 4.78 is 37.8. The van der Waals surface area contributed by atoms with E-state index in [4.69, 9.17) is 9.15 Å². The van der Waals surface area contributed by atoms with E-state index in [1.807, 2.05) is 19.1 Å². The predicted molar refractivity (Wildman–Crippen MR) is 87.5 cm³/mol. The summed E-state index contributed by atoms with van der Waals surface area (Å²) in [6.07, 6.45) is 3.30. The molecule has 0 aliphatic carbocycles. The van der Waals surface area contributed by atoms with Crippen molar-refractivity contribution in [3.8, 4) is 0 Å². The normalized spacial score (nSPS) is 27.5. The quantitative estimate of drug-likeness (QED) is 0.812. The monoisotopic (exact) mass is 342 g/mol. The molecule has 3 rings (SSSR count). The first-order valence-corrected chi connectivity index (χ1v) is 9.94. The van der Waals surface area contributed by atoms with Gasteiger partial charge in [-0.25, -0.2) is 8.42 Å². The molecule has 1 aromatic heterocycles. The van der Waals surface area contributed by atoms with Crippen LogP contribution in [0.25, 0.3) is 0 Å². The maximum Gasteiger partial charge on any atom is 0.214 e. The van der Waals surface area contributed by atoms with E-state index in [1.165, 1.54) is 0 Å². The summed E-state index contributed by atoms with van der Waals surface area (Å²) in [5.74, 6) is 1.17. The fraction of sp³-hybridized carbons (Fsp3) is 0.750. The highest BCUT2D eigenvalue weighted by Crippen LogP contribution is 2.35. The molecule has 0 bridgehead atoms. The molecule has 2 saturated heterocycles. The molecular formula is C16H26N2O4S. The van der Waals surface area contributed by atoms with Crippen LogP contribution in [-0.4, -0.2) is 62.8 Å². The second kappa shape index (κ2) is 6.93. The summed E-state index contributed by atoms with van der Waals surface area (Å²) in [5, 5.41) is 0. The van der Waals surface area contributed by atoms with Crippen LogP contribution in [0, 0.1) is 5.41 Å². The zero-order chi connectivity index (χ0) is 16.3. The summed E-state index contributed by atoms with van der Waals surface area (Å²) in [6.45, 7) is 6.66. The number of hydrogen-bond acceptors (Lipinski definition) is 5. The van der Waals surface area contributed by atoms with Gasteiger partial charge in [-0.15, -0.1) is 0 Å². The molecule has 7 heteroatoms. The average Bonchev–Trinajstić information content (AvgIpc) is 3.07. The van der Waals surface area contributed by atoms with Crippen LogP contribution in [0.5, 0.6) is 0 Å². The van der Waals surface area contributed by atoms with Crippen molar-refractivity contribution in [3.63, 3.8) is 0 Å². The first-order chi connectivity index (χ1) is 11.0. The Kier molecular flexibility index (Phi) is 5.10. The van der Waals surface area contributed by atoms with Gasteiger partial charge in [0.1, 0.15) is 5.76 Å². The van der Waals surface area contributed by atoms with E-state index in [0.717, 1.165) is 31.8 Å². The van der Waals surface area contributed by atoms with Crippen molar-refractivity contribution in [2.75, 3.05) is 45.1 Å². The lowest BCUT2D eigenvalue weighted by Crippen LogP contribution is -2.44. The molecule has 6 nitrogen and oxygen atoms in total. The molecule has 0 amide bonds. The van der Waals surface area contributed by atoms with Gasteiger partial charge in [-0.2, -0.15) is 4.31 Å². The number of nitrogens with zero attached hydrogens (tertiary/aromatic N) is 2. The van der Waals surface area contributed by atoms with Gasteiger partial charge in [0.05, 0.1) is 31.8 Å². The van der Waals surface area contributed by atoms with E-state index in [0.29, 0.717) is 32.7 Å². The van der Waals surface area contributed by atoms with Crippen LogP contribution in [0.2, 0.25) is 0 Å². The SMILES string of the molecule is CCCS(=O)(=O)N1CCOC[C@]2(CCN(Cc3ccco3)C2)C1. The zero-order valence-electron chi connectivity index (χ0n) is 13.7. The van der Waals surface area contributed by atoms with Gasteiger partial charge >= 0.3 is 0 Å². The van der Waals surface area contributed by atoms with Crippen LogP contribution in [0.15, 0.2) is 22.8 Å². The van der Waals surface area contributed by atoms with Crippen LogP contribution in [0.3, 0.4) is 0 Å². The van der Waals surface area contributed by atoms with Gasteiger partial charge in [-0.3, -0.25) is 4.90 Å². The highest BCUT2D eigenvalue weighted by molar-refractivity contribution is 7.89. The Morgan fingerprint density at radius 2 is 2.17 bits per heavy atom. The fourth-order valence-electron chi connectivity index (χ4n) is 3.61. The molecule has 2 fully saturated rings. The Labute approximate surface area is 138 Å². The molecule has 0 radical (unpaired) electrons. The Bertz CT molecular complexity index is 602. The first kappa shape index (κ1) is 17.0. The molecule has 0 N–H and O–H groups in total. The topological polar surface area (TPSA) is 63.0 Å². The van der Waals surface area contributed by atoms with Crippen LogP contribution in [0.1, 0.15) is 25.5 Å². The molecule has 0 aromatic carbocycles. The van der Waals surface area contributed by atoms with Crippen LogP contribution in [0.4, 0.5) is 0 Å². The van der Waals surface area contributed by atoms with Crippen molar-refractivity contribution < 1.29 is 17.6 Å². The molecule has 0 saturated carbocycles. The molecule has 130 valence electrons. The van der Waals surface area contributed by atoms with E-state index in [-0.39, 0.29) is 11.2 Å². The molecule has 2 aliphatic rings. The number of hydrogen-bond donors (Lipinski definition) is 0. The predicted octanol–water partition coefficient (Wildman–Crippen LogP) is 1.54. The van der Waals surface area contributed by atoms with Crippen LogP contribution < -0.4 is 0 Å². The molecular weight excluding hydrogens is 316 g/mol. The van der Waals surface area contributed by atoms with Crippen LogP contribution >= 0.6 is 0 Å². The Balaban J connectivity index is 1.68. The maximum atomic E-state index is 12.5. The smallest absolute Gasteiger partial charge is 0.214 e. The van der Waals surface area contributed by atoms with Gasteiger partial charge < -0.3 is 9.15 Å². The van der Waals surface area contributed by atoms with E-state index in [1.54, 1.807) is 10.6 Å². The average molecular weight is 342 g/mol. The minimum atomic E-state index is -3.17. The van der Waals surface area contributed by atoms with Gasteiger partial charge in [0.2, 0.25) is 10.0 Å². The van der Waals surface area contributed by atoms with Gasteiger partial charge in [0.25, 0.3) is 0 Å². The third kappa shape index (κ3) is 3.96. The van der Waals surface area contributed by atoms with Crippen molar-refractivity contribution in [3.05, 3.63) is 24.2 Å². The third-order valence-corrected chi connectivity index (χ3v) is 6.76. The molecule has 1 aromatic rings. The van der Waals surface area contributed by atoms with Crippen molar-refractivity contribution >= 4 is 10.0 Å². The lowest BCUT2D eigenvalue weighted by atomic mass is 9.88. The molecule has 0 unspecified atom stereocenters. The summed E-state index contributed by atoms with van der Waals surface area (Å²) in [6, 6.07) is 3.88. The largest absolute Gasteiger partial charge is 0.468 e. The number of likely N-dealkylation sites (tertiary alicyclic amines) is 1. The van der Waals surface area contributed by atoms with Crippen molar-refractivity contribution in [1.82, 2.24) is 9.21 Å². The third-order valence-electron chi connectivity index (χ3n) is 4.74. The van der Waals surface area contributed by atoms with Gasteiger partial charge in [0, 0.05) is 25.0 Å². The van der Waals surface area contributed by atoms with Gasteiger partial charge in [0.15, 0.2) is 0 Å². The van der Waals surface area contributed by atoms with E-state index >= 15 is 0 Å². The Morgan fingerprint density at radius 1 is 1.30 bits per heavy atom. The molecule has 3 heterocycles. The fourth-order valence-corrected chi connectivity index (χ4v) is 5.21. The van der Waals surface area contributed by atoms with Gasteiger partial charge in [-0.05, 0) is 31.5 Å². The second-order valence-corrected chi connectivity index (χ2v) is 8.83. The Hall–Kier alpha value is -0.890. The lowest BCUT2D eigenvalue weighted by Gasteiger charge is -2.31. The molecule has 1 spiro atoms. The zero-order valence-corrected chi connectivity index (χ0v) is 14.6. The number of ether oxygens (including phenoxy) is 1. The number of furan rings is 1. The molecule has 1 atom stereocenters. The van der Waals surface area contributed by atoms with Crippen molar-refractivity contribution in [1.29, 1.82) is 0 Å². The first-order valence-electron chi connectivity index (χ1n) is 8.33. The highest BCUT2D eigenvalue weighted by Gasteiger charge is 2.43. The van der Waals surface area contributed by atoms with E-state index in [2.05, 4.69) is 4.90 Å². The minimum absolute atomic E-state index is 0.0933. The summed E-state index contributed by atoms with van der Waals surface area (Å²) in [5.41, 5.74) is -0.0933. The number of sulfonamides is 1. The summed E-state index contributed by atoms with van der Waals surface area (Å²) >= 11 is 0. The lowest BCUT2D eigenvalue weighted by molar-refractivity contribution is 0.0716. The van der Waals surface area contributed by atoms with Crippen molar-refractivity contribution in [2.45, 2.75) is 26.3 Å². The van der Waals surface area contributed by atoms with Crippen LogP contribution in [-0.2, 0) is 21.3 Å². The molecule has 23 heavy (non-hydrogen) atoms. The Morgan fingerprint density at radius 3 is 2.91 bits per heavy atom. The standard InChI is InChI=1S/C16H26N2O4S/c1-2-10-23(19,20)18-7-9-21-14-16(13-18)5-6-17(12-16)11-15-4-3-8-22-15/h3-4,8H,2,5-7,9-14H2,1H3/t16-/m0/s1. The van der Waals surface area contributed by atoms with E-state index < -0.39 is 10.0 Å². The van der Waals surface area contributed by atoms with Crippen molar-refractivity contribution in [2.24, 2.45) is 5.41 Å². The second-order valence-electron chi connectivity index (χ2n) is 6.74. The van der Waals surface area contributed by atoms with E-state index in [9.17, 15) is 8.42 Å². The molecule has 2 aliphatic heterocycles. The summed E-state index contributed by atoms with van der Waals surface area (Å²) in [4.78, 5) is 2.33. The maximum absolute atomic E-state index is 12.5.